The van der Waals surface area contributed by atoms with Crippen LogP contribution in [0.15, 0.2) is 30.3 Å². The molecule has 0 amide bonds. The largest absolute Gasteiger partial charge is 0.463 e. The Morgan fingerprint density at radius 1 is 1.00 bits per heavy atom. The number of ketones is 1. The lowest BCUT2D eigenvalue weighted by molar-refractivity contribution is -0.163. The van der Waals surface area contributed by atoms with Crippen LogP contribution in [0, 0.1) is 0 Å². The average molecular weight is 306 g/mol. The van der Waals surface area contributed by atoms with Gasteiger partial charge in [0.15, 0.2) is 11.4 Å². The molecule has 1 fully saturated rings. The molecule has 0 N–H and O–H groups in total. The van der Waals surface area contributed by atoms with Gasteiger partial charge < -0.3 is 14.2 Å². The first-order valence-electron chi connectivity index (χ1n) is 7.08. The highest BCUT2D eigenvalue weighted by molar-refractivity contribution is 6.19. The number of esters is 2. The molecule has 2 rings (SSSR count). The van der Waals surface area contributed by atoms with Crippen LogP contribution in [-0.4, -0.2) is 42.1 Å². The van der Waals surface area contributed by atoms with Crippen molar-refractivity contribution in [3.05, 3.63) is 35.9 Å². The Hall–Kier alpha value is -2.21. The lowest BCUT2D eigenvalue weighted by atomic mass is 9.87. The van der Waals surface area contributed by atoms with E-state index in [1.54, 1.807) is 44.2 Å². The highest BCUT2D eigenvalue weighted by Crippen LogP contribution is 2.51. The molecule has 0 unspecified atom stereocenters. The van der Waals surface area contributed by atoms with Gasteiger partial charge in [-0.1, -0.05) is 30.3 Å². The number of hydrogen-bond acceptors (Lipinski definition) is 6. The number of ether oxygens (including phenoxy) is 3. The zero-order valence-electron chi connectivity index (χ0n) is 12.8. The molecular formula is C16H18O6. The second-order valence-corrected chi connectivity index (χ2v) is 4.95. The van der Waals surface area contributed by atoms with Gasteiger partial charge in [0, 0.05) is 5.56 Å². The minimum atomic E-state index is -2.02. The number of benzene rings is 1. The van der Waals surface area contributed by atoms with Crippen LogP contribution in [0.5, 0.6) is 0 Å². The molecule has 0 saturated carbocycles. The number of carbonyl (C=O) groups is 3. The standard InChI is InChI=1S/C16H18O6/c1-4-20-13(18)16(14(19)21-5-2)15(3,22-16)12(17)11-9-7-6-8-10-11/h6-10H,4-5H2,1-3H3/t15-/m1/s1. The van der Waals surface area contributed by atoms with E-state index in [0.717, 1.165) is 0 Å². The smallest absolute Gasteiger partial charge is 0.354 e. The van der Waals surface area contributed by atoms with Crippen LogP contribution in [-0.2, 0) is 23.8 Å². The summed E-state index contributed by atoms with van der Waals surface area (Å²) >= 11 is 0. The van der Waals surface area contributed by atoms with E-state index in [1.165, 1.54) is 6.92 Å². The maximum Gasteiger partial charge on any atom is 0.354 e. The van der Waals surface area contributed by atoms with Crippen molar-refractivity contribution in [3.63, 3.8) is 0 Å². The van der Waals surface area contributed by atoms with Gasteiger partial charge in [0.25, 0.3) is 5.60 Å². The third kappa shape index (κ3) is 2.29. The fraction of sp³-hybridized carbons (Fsp3) is 0.438. The summed E-state index contributed by atoms with van der Waals surface area (Å²) in [6.45, 7) is 4.75. The molecule has 1 atom stereocenters. The lowest BCUT2D eigenvalue weighted by Gasteiger charge is -2.14. The van der Waals surface area contributed by atoms with Gasteiger partial charge in [-0.05, 0) is 20.8 Å². The lowest BCUT2D eigenvalue weighted by Crippen LogP contribution is -2.46. The Balaban J connectivity index is 2.36. The summed E-state index contributed by atoms with van der Waals surface area (Å²) in [6, 6.07) is 8.33. The maximum atomic E-state index is 12.6. The van der Waals surface area contributed by atoms with Crippen molar-refractivity contribution in [2.45, 2.75) is 32.0 Å². The molecule has 1 aliphatic rings. The van der Waals surface area contributed by atoms with Gasteiger partial charge in [0.05, 0.1) is 13.2 Å². The quantitative estimate of drug-likeness (QED) is 0.343. The molecule has 0 radical (unpaired) electrons. The Kier molecular flexibility index (Phi) is 4.32. The van der Waals surface area contributed by atoms with Crippen LogP contribution >= 0.6 is 0 Å². The normalized spacial score (nSPS) is 21.8. The van der Waals surface area contributed by atoms with Crippen LogP contribution in [0.1, 0.15) is 31.1 Å². The fourth-order valence-corrected chi connectivity index (χ4v) is 2.37. The minimum absolute atomic E-state index is 0.0684. The Morgan fingerprint density at radius 2 is 1.50 bits per heavy atom. The third-order valence-electron chi connectivity index (χ3n) is 3.58. The molecule has 1 aromatic rings. The molecule has 0 bridgehead atoms. The highest BCUT2D eigenvalue weighted by atomic mass is 16.7. The zero-order chi connectivity index (χ0) is 16.4. The van der Waals surface area contributed by atoms with Crippen molar-refractivity contribution >= 4 is 17.7 Å². The van der Waals surface area contributed by atoms with Crippen molar-refractivity contribution in [1.29, 1.82) is 0 Å². The summed E-state index contributed by atoms with van der Waals surface area (Å²) in [7, 11) is 0. The summed E-state index contributed by atoms with van der Waals surface area (Å²) in [5.74, 6) is -2.27. The summed E-state index contributed by atoms with van der Waals surface area (Å²) in [6.07, 6.45) is 0. The first kappa shape index (κ1) is 16.2. The van der Waals surface area contributed by atoms with Gasteiger partial charge in [-0.15, -0.1) is 0 Å². The van der Waals surface area contributed by atoms with Crippen molar-refractivity contribution in [3.8, 4) is 0 Å². The van der Waals surface area contributed by atoms with Gasteiger partial charge in [-0.25, -0.2) is 9.59 Å². The molecule has 0 spiro atoms. The van der Waals surface area contributed by atoms with Crippen LogP contribution in [0.2, 0.25) is 0 Å². The molecular weight excluding hydrogens is 288 g/mol. The number of carbonyl (C=O) groups excluding carboxylic acids is 3. The number of rotatable bonds is 6. The predicted octanol–water partition coefficient (Wildman–Crippen LogP) is 1.52. The Morgan fingerprint density at radius 3 is 1.95 bits per heavy atom. The fourth-order valence-electron chi connectivity index (χ4n) is 2.37. The van der Waals surface area contributed by atoms with Crippen molar-refractivity contribution in [2.75, 3.05) is 13.2 Å². The second kappa shape index (κ2) is 5.88. The average Bonchev–Trinajstić information content (AvgIpc) is 3.17. The van der Waals surface area contributed by atoms with Crippen molar-refractivity contribution < 1.29 is 28.6 Å². The maximum absolute atomic E-state index is 12.6. The van der Waals surface area contributed by atoms with Crippen LogP contribution in [0.25, 0.3) is 0 Å². The summed E-state index contributed by atoms with van der Waals surface area (Å²) in [5, 5.41) is 0. The molecule has 1 aliphatic heterocycles. The Labute approximate surface area is 128 Å². The van der Waals surface area contributed by atoms with Gasteiger partial charge in [0.2, 0.25) is 0 Å². The van der Waals surface area contributed by atoms with E-state index in [-0.39, 0.29) is 13.2 Å². The molecule has 22 heavy (non-hydrogen) atoms. The van der Waals surface area contributed by atoms with E-state index in [2.05, 4.69) is 0 Å². The van der Waals surface area contributed by atoms with Gasteiger partial charge >= 0.3 is 11.9 Å². The molecule has 1 saturated heterocycles. The van der Waals surface area contributed by atoms with E-state index in [4.69, 9.17) is 14.2 Å². The van der Waals surface area contributed by atoms with E-state index < -0.39 is 28.9 Å². The van der Waals surface area contributed by atoms with E-state index in [9.17, 15) is 14.4 Å². The summed E-state index contributed by atoms with van der Waals surface area (Å²) in [4.78, 5) is 37.0. The van der Waals surface area contributed by atoms with Gasteiger partial charge in [-0.3, -0.25) is 4.79 Å². The molecule has 6 nitrogen and oxygen atoms in total. The molecule has 0 aromatic heterocycles. The minimum Gasteiger partial charge on any atom is -0.463 e. The zero-order valence-corrected chi connectivity index (χ0v) is 12.8. The molecule has 118 valence electrons. The first-order chi connectivity index (χ1) is 10.4. The van der Waals surface area contributed by atoms with E-state index in [0.29, 0.717) is 5.56 Å². The molecule has 6 heteroatoms. The van der Waals surface area contributed by atoms with Gasteiger partial charge in [-0.2, -0.15) is 0 Å². The van der Waals surface area contributed by atoms with Crippen LogP contribution in [0.3, 0.4) is 0 Å². The van der Waals surface area contributed by atoms with Gasteiger partial charge in [0.1, 0.15) is 0 Å². The van der Waals surface area contributed by atoms with E-state index in [1.807, 2.05) is 0 Å². The molecule has 1 heterocycles. The first-order valence-corrected chi connectivity index (χ1v) is 7.08. The third-order valence-corrected chi connectivity index (χ3v) is 3.58. The van der Waals surface area contributed by atoms with E-state index >= 15 is 0 Å². The number of Topliss-reactive ketones (excluding diaryl/α,β-unsaturated/α-hetero) is 1. The van der Waals surface area contributed by atoms with Crippen molar-refractivity contribution in [1.82, 2.24) is 0 Å². The molecule has 0 aliphatic carbocycles. The summed E-state index contributed by atoms with van der Waals surface area (Å²) < 4.78 is 15.1. The second-order valence-electron chi connectivity index (χ2n) is 4.95. The predicted molar refractivity (Wildman–Crippen MR) is 76.3 cm³/mol. The highest BCUT2D eigenvalue weighted by Gasteiger charge is 2.83. The van der Waals surface area contributed by atoms with Crippen LogP contribution < -0.4 is 0 Å². The topological polar surface area (TPSA) is 82.2 Å². The monoisotopic (exact) mass is 306 g/mol. The summed E-state index contributed by atoms with van der Waals surface area (Å²) in [5.41, 5.74) is -3.29. The number of hydrogen-bond donors (Lipinski definition) is 0. The van der Waals surface area contributed by atoms with Crippen molar-refractivity contribution in [2.24, 2.45) is 0 Å². The Bertz CT molecular complexity index is 576. The number of epoxide rings is 1. The van der Waals surface area contributed by atoms with Crippen LogP contribution in [0.4, 0.5) is 0 Å². The SMILES string of the molecule is CCOC(=O)C1(C(=O)OCC)O[C@]1(C)C(=O)c1ccccc1. The molecule has 1 aromatic carbocycles.